The van der Waals surface area contributed by atoms with Gasteiger partial charge in [-0.2, -0.15) is 4.31 Å². The Hall–Kier alpha value is -2.55. The van der Waals surface area contributed by atoms with E-state index in [1.54, 1.807) is 25.1 Å². The first-order valence-electron chi connectivity index (χ1n) is 10.3. The SMILES string of the molecule is CCCc1ccc(C(=O)COC(=O)c2cc(S(=O)(=O)N3CCOCC3)ccc2C)cc1. The van der Waals surface area contributed by atoms with E-state index < -0.39 is 22.6 Å². The van der Waals surface area contributed by atoms with E-state index in [4.69, 9.17) is 9.47 Å². The molecule has 0 N–H and O–H groups in total. The van der Waals surface area contributed by atoms with Crippen LogP contribution in [-0.4, -0.2) is 57.4 Å². The molecule has 31 heavy (non-hydrogen) atoms. The summed E-state index contributed by atoms with van der Waals surface area (Å²) in [5.41, 5.74) is 2.31. The number of ketones is 1. The fraction of sp³-hybridized carbons (Fsp3) is 0.391. The zero-order valence-electron chi connectivity index (χ0n) is 17.8. The minimum absolute atomic E-state index is 0.0183. The summed E-state index contributed by atoms with van der Waals surface area (Å²) in [6.45, 7) is 4.57. The molecule has 0 atom stereocenters. The predicted octanol–water partition coefficient (Wildman–Crippen LogP) is 3.01. The number of Topliss-reactive ketones (excluding diaryl/α,β-unsaturated/α-hetero) is 1. The lowest BCUT2D eigenvalue weighted by atomic mass is 10.1. The van der Waals surface area contributed by atoms with Gasteiger partial charge < -0.3 is 9.47 Å². The zero-order chi connectivity index (χ0) is 22.4. The summed E-state index contributed by atoms with van der Waals surface area (Å²) in [6, 6.07) is 11.6. The Morgan fingerprint density at radius 3 is 2.39 bits per heavy atom. The molecule has 2 aromatic carbocycles. The van der Waals surface area contributed by atoms with Gasteiger partial charge in [-0.15, -0.1) is 0 Å². The summed E-state index contributed by atoms with van der Waals surface area (Å²) < 4.78 is 37.5. The molecule has 0 spiro atoms. The largest absolute Gasteiger partial charge is 0.454 e. The van der Waals surface area contributed by atoms with Crippen molar-refractivity contribution in [2.24, 2.45) is 0 Å². The molecule has 1 aliphatic rings. The summed E-state index contributed by atoms with van der Waals surface area (Å²) in [5.74, 6) is -1.04. The summed E-state index contributed by atoms with van der Waals surface area (Å²) in [5, 5.41) is 0. The van der Waals surface area contributed by atoms with Gasteiger partial charge in [0.2, 0.25) is 10.0 Å². The zero-order valence-corrected chi connectivity index (χ0v) is 18.6. The highest BCUT2D eigenvalue weighted by Crippen LogP contribution is 2.21. The molecule has 0 radical (unpaired) electrons. The summed E-state index contributed by atoms with van der Waals surface area (Å²) in [4.78, 5) is 25.0. The minimum atomic E-state index is -3.74. The standard InChI is InChI=1S/C23H27NO6S/c1-3-4-18-6-8-19(9-7-18)22(25)16-30-23(26)21-15-20(10-5-17(21)2)31(27,28)24-11-13-29-14-12-24/h5-10,15H,3-4,11-14,16H2,1-2H3. The van der Waals surface area contributed by atoms with Crippen molar-refractivity contribution in [2.45, 2.75) is 31.6 Å². The lowest BCUT2D eigenvalue weighted by Crippen LogP contribution is -2.40. The lowest BCUT2D eigenvalue weighted by Gasteiger charge is -2.26. The monoisotopic (exact) mass is 445 g/mol. The van der Waals surface area contributed by atoms with Crippen molar-refractivity contribution < 1.29 is 27.5 Å². The van der Waals surface area contributed by atoms with Gasteiger partial charge in [0.25, 0.3) is 0 Å². The van der Waals surface area contributed by atoms with E-state index in [2.05, 4.69) is 6.92 Å². The average Bonchev–Trinajstić information content (AvgIpc) is 2.78. The highest BCUT2D eigenvalue weighted by atomic mass is 32.2. The number of ether oxygens (including phenoxy) is 2. The van der Waals surface area contributed by atoms with Crippen LogP contribution >= 0.6 is 0 Å². The topological polar surface area (TPSA) is 90.0 Å². The molecule has 1 aliphatic heterocycles. The van der Waals surface area contributed by atoms with Crippen LogP contribution in [-0.2, 0) is 25.9 Å². The van der Waals surface area contributed by atoms with E-state index in [9.17, 15) is 18.0 Å². The van der Waals surface area contributed by atoms with Gasteiger partial charge in [0, 0.05) is 18.7 Å². The quantitative estimate of drug-likeness (QED) is 0.458. The Morgan fingerprint density at radius 2 is 1.74 bits per heavy atom. The number of hydrogen-bond donors (Lipinski definition) is 0. The molecular weight excluding hydrogens is 418 g/mol. The average molecular weight is 446 g/mol. The first-order chi connectivity index (χ1) is 14.8. The summed E-state index contributed by atoms with van der Waals surface area (Å²) in [7, 11) is -3.74. The molecule has 0 saturated carbocycles. The van der Waals surface area contributed by atoms with Crippen LogP contribution in [0.1, 0.15) is 45.2 Å². The molecule has 1 saturated heterocycles. The van der Waals surface area contributed by atoms with Gasteiger partial charge in [-0.05, 0) is 36.6 Å². The van der Waals surface area contributed by atoms with Crippen LogP contribution in [0.5, 0.6) is 0 Å². The van der Waals surface area contributed by atoms with E-state index in [0.29, 0.717) is 24.3 Å². The summed E-state index contributed by atoms with van der Waals surface area (Å²) >= 11 is 0. The smallest absolute Gasteiger partial charge is 0.338 e. The Kier molecular flexibility index (Phi) is 7.59. The van der Waals surface area contributed by atoms with Gasteiger partial charge in [-0.3, -0.25) is 4.79 Å². The maximum atomic E-state index is 12.9. The highest BCUT2D eigenvalue weighted by molar-refractivity contribution is 7.89. The van der Waals surface area contributed by atoms with Crippen LogP contribution in [0.15, 0.2) is 47.4 Å². The number of hydrogen-bond acceptors (Lipinski definition) is 6. The number of carbonyl (C=O) groups excluding carboxylic acids is 2. The highest BCUT2D eigenvalue weighted by Gasteiger charge is 2.27. The third kappa shape index (κ3) is 5.58. The molecule has 0 bridgehead atoms. The molecule has 1 heterocycles. The van der Waals surface area contributed by atoms with Crippen molar-refractivity contribution >= 4 is 21.8 Å². The number of nitrogens with zero attached hydrogens (tertiary/aromatic N) is 1. The first-order valence-corrected chi connectivity index (χ1v) is 11.7. The molecule has 0 aliphatic carbocycles. The van der Waals surface area contributed by atoms with E-state index >= 15 is 0 Å². The number of aryl methyl sites for hydroxylation is 2. The fourth-order valence-electron chi connectivity index (χ4n) is 3.36. The van der Waals surface area contributed by atoms with Crippen LogP contribution in [0.2, 0.25) is 0 Å². The second kappa shape index (κ2) is 10.2. The summed E-state index contributed by atoms with van der Waals surface area (Å²) in [6.07, 6.45) is 1.96. The van der Waals surface area contributed by atoms with Crippen LogP contribution in [0.25, 0.3) is 0 Å². The fourth-order valence-corrected chi connectivity index (χ4v) is 4.79. The Bertz CT molecular complexity index is 1040. The molecule has 7 nitrogen and oxygen atoms in total. The molecule has 1 fully saturated rings. The van der Waals surface area contributed by atoms with Gasteiger partial charge in [-0.25, -0.2) is 13.2 Å². The van der Waals surface area contributed by atoms with Gasteiger partial charge in [0.15, 0.2) is 12.4 Å². The normalized spacial score (nSPS) is 14.9. The first kappa shape index (κ1) is 23.1. The van der Waals surface area contributed by atoms with Crippen LogP contribution in [0.4, 0.5) is 0 Å². The molecule has 2 aromatic rings. The van der Waals surface area contributed by atoms with Crippen molar-refractivity contribution in [1.29, 1.82) is 0 Å². The van der Waals surface area contributed by atoms with Gasteiger partial charge in [0.1, 0.15) is 0 Å². The minimum Gasteiger partial charge on any atom is -0.454 e. The Balaban J connectivity index is 1.70. The van der Waals surface area contributed by atoms with Gasteiger partial charge in [0.05, 0.1) is 23.7 Å². The van der Waals surface area contributed by atoms with Crippen molar-refractivity contribution in [3.63, 3.8) is 0 Å². The van der Waals surface area contributed by atoms with Crippen LogP contribution in [0.3, 0.4) is 0 Å². The molecule has 0 aromatic heterocycles. The third-order valence-electron chi connectivity index (χ3n) is 5.19. The maximum absolute atomic E-state index is 12.9. The maximum Gasteiger partial charge on any atom is 0.338 e. The van der Waals surface area contributed by atoms with Gasteiger partial charge >= 0.3 is 5.97 Å². The van der Waals surface area contributed by atoms with Gasteiger partial charge in [-0.1, -0.05) is 43.7 Å². The van der Waals surface area contributed by atoms with Crippen LogP contribution < -0.4 is 0 Å². The Labute approximate surface area is 183 Å². The third-order valence-corrected chi connectivity index (χ3v) is 7.08. The molecule has 0 amide bonds. The number of benzene rings is 2. The number of carbonyl (C=O) groups is 2. The van der Waals surface area contributed by atoms with Crippen LogP contribution in [0, 0.1) is 6.92 Å². The second-order valence-electron chi connectivity index (χ2n) is 7.44. The van der Waals surface area contributed by atoms with Crippen molar-refractivity contribution in [3.05, 3.63) is 64.7 Å². The number of sulfonamides is 1. The second-order valence-corrected chi connectivity index (χ2v) is 9.38. The van der Waals surface area contributed by atoms with Crippen molar-refractivity contribution in [1.82, 2.24) is 4.31 Å². The van der Waals surface area contributed by atoms with E-state index in [0.717, 1.165) is 18.4 Å². The lowest BCUT2D eigenvalue weighted by molar-refractivity contribution is 0.0473. The number of morpholine rings is 1. The predicted molar refractivity (Wildman–Crippen MR) is 116 cm³/mol. The molecule has 8 heteroatoms. The van der Waals surface area contributed by atoms with E-state index in [-0.39, 0.29) is 29.3 Å². The molecule has 166 valence electrons. The van der Waals surface area contributed by atoms with E-state index in [1.807, 2.05) is 12.1 Å². The van der Waals surface area contributed by atoms with E-state index in [1.165, 1.54) is 16.4 Å². The number of rotatable bonds is 8. The molecule has 0 unspecified atom stereocenters. The van der Waals surface area contributed by atoms with Crippen molar-refractivity contribution in [2.75, 3.05) is 32.9 Å². The molecule has 3 rings (SSSR count). The molecular formula is C23H27NO6S. The Morgan fingerprint density at radius 1 is 1.06 bits per heavy atom. The van der Waals surface area contributed by atoms with Crippen molar-refractivity contribution in [3.8, 4) is 0 Å². The number of esters is 1.